The van der Waals surface area contributed by atoms with Crippen molar-refractivity contribution in [1.82, 2.24) is 5.32 Å². The van der Waals surface area contributed by atoms with E-state index in [1.165, 1.54) is 56.7 Å². The first-order valence-corrected chi connectivity index (χ1v) is 13.9. The fourth-order valence-corrected chi connectivity index (χ4v) is 5.74. The average molecular weight is 551 g/mol. The van der Waals surface area contributed by atoms with E-state index in [9.17, 15) is 22.0 Å². The molecule has 0 fully saturated rings. The SMILES string of the molecule is COc1ccc(S(=O)(=O)N(CC(=O)NCCCSCc2ccc(F)cc2)c2ccc(F)cc2)cc1OC. The summed E-state index contributed by atoms with van der Waals surface area (Å²) in [5.74, 6) is 0.723. The highest BCUT2D eigenvalue weighted by Gasteiger charge is 2.28. The van der Waals surface area contributed by atoms with Crippen LogP contribution in [0.3, 0.4) is 0 Å². The minimum Gasteiger partial charge on any atom is -0.493 e. The van der Waals surface area contributed by atoms with Crippen LogP contribution in [0.4, 0.5) is 14.5 Å². The van der Waals surface area contributed by atoms with Crippen LogP contribution in [-0.4, -0.2) is 47.4 Å². The second kappa shape index (κ2) is 13.3. The number of halogens is 2. The van der Waals surface area contributed by atoms with Gasteiger partial charge in [0.2, 0.25) is 5.91 Å². The first-order chi connectivity index (χ1) is 17.7. The predicted octanol–water partition coefficient (Wildman–Crippen LogP) is 4.62. The number of nitrogens with zero attached hydrogens (tertiary/aromatic N) is 1. The fourth-order valence-electron chi connectivity index (χ4n) is 3.39. The van der Waals surface area contributed by atoms with Gasteiger partial charge in [0.05, 0.1) is 24.8 Å². The summed E-state index contributed by atoms with van der Waals surface area (Å²) in [6, 6.07) is 15.3. The Balaban J connectivity index is 1.65. The van der Waals surface area contributed by atoms with Gasteiger partial charge < -0.3 is 14.8 Å². The Bertz CT molecular complexity index is 1290. The highest BCUT2D eigenvalue weighted by molar-refractivity contribution is 7.98. The maximum atomic E-state index is 13.5. The second-order valence-electron chi connectivity index (χ2n) is 7.89. The molecule has 11 heteroatoms. The summed E-state index contributed by atoms with van der Waals surface area (Å²) < 4.78 is 64.9. The molecule has 0 saturated heterocycles. The summed E-state index contributed by atoms with van der Waals surface area (Å²) in [5.41, 5.74) is 1.15. The van der Waals surface area contributed by atoms with Gasteiger partial charge in [0.25, 0.3) is 10.0 Å². The average Bonchev–Trinajstić information content (AvgIpc) is 2.90. The Hall–Kier alpha value is -3.31. The monoisotopic (exact) mass is 550 g/mol. The predicted molar refractivity (Wildman–Crippen MR) is 141 cm³/mol. The number of carbonyl (C=O) groups is 1. The van der Waals surface area contributed by atoms with Gasteiger partial charge in [-0.1, -0.05) is 12.1 Å². The molecule has 0 unspecified atom stereocenters. The van der Waals surface area contributed by atoms with Gasteiger partial charge in [-0.3, -0.25) is 9.10 Å². The lowest BCUT2D eigenvalue weighted by Crippen LogP contribution is -2.41. The molecule has 0 aliphatic rings. The number of thioether (sulfide) groups is 1. The summed E-state index contributed by atoms with van der Waals surface area (Å²) in [4.78, 5) is 12.6. The van der Waals surface area contributed by atoms with Gasteiger partial charge in [-0.15, -0.1) is 0 Å². The molecule has 37 heavy (non-hydrogen) atoms. The van der Waals surface area contributed by atoms with Crippen LogP contribution in [0.15, 0.2) is 71.6 Å². The maximum absolute atomic E-state index is 13.5. The largest absolute Gasteiger partial charge is 0.493 e. The highest BCUT2D eigenvalue weighted by atomic mass is 32.2. The van der Waals surface area contributed by atoms with Crippen molar-refractivity contribution < 1.29 is 31.5 Å². The van der Waals surface area contributed by atoms with Crippen LogP contribution in [0.25, 0.3) is 0 Å². The number of methoxy groups -OCH3 is 2. The van der Waals surface area contributed by atoms with Crippen molar-refractivity contribution in [2.75, 3.05) is 37.4 Å². The molecule has 3 aromatic carbocycles. The van der Waals surface area contributed by atoms with E-state index in [0.29, 0.717) is 18.7 Å². The molecule has 0 spiro atoms. The molecule has 0 atom stereocenters. The third-order valence-corrected chi connectivity index (χ3v) is 8.20. The number of hydrogen-bond acceptors (Lipinski definition) is 6. The first kappa shape index (κ1) is 28.3. The topological polar surface area (TPSA) is 84.9 Å². The molecule has 0 heterocycles. The summed E-state index contributed by atoms with van der Waals surface area (Å²) in [7, 11) is -1.39. The second-order valence-corrected chi connectivity index (χ2v) is 10.9. The van der Waals surface area contributed by atoms with Crippen molar-refractivity contribution in [1.29, 1.82) is 0 Å². The zero-order valence-electron chi connectivity index (χ0n) is 20.4. The molecule has 0 aromatic heterocycles. The van der Waals surface area contributed by atoms with Crippen LogP contribution in [0.1, 0.15) is 12.0 Å². The number of carbonyl (C=O) groups excluding carboxylic acids is 1. The van der Waals surface area contributed by atoms with Crippen LogP contribution >= 0.6 is 11.8 Å². The summed E-state index contributed by atoms with van der Waals surface area (Å²) >= 11 is 1.65. The van der Waals surface area contributed by atoms with Crippen molar-refractivity contribution in [3.8, 4) is 11.5 Å². The molecule has 0 saturated carbocycles. The molecule has 7 nitrogen and oxygen atoms in total. The lowest BCUT2D eigenvalue weighted by atomic mass is 10.2. The molecule has 0 aliphatic heterocycles. The van der Waals surface area contributed by atoms with Gasteiger partial charge in [-0.25, -0.2) is 17.2 Å². The smallest absolute Gasteiger partial charge is 0.264 e. The fraction of sp³-hybridized carbons (Fsp3) is 0.269. The van der Waals surface area contributed by atoms with E-state index in [1.807, 2.05) is 0 Å². The lowest BCUT2D eigenvalue weighted by molar-refractivity contribution is -0.119. The first-order valence-electron chi connectivity index (χ1n) is 11.3. The van der Waals surface area contributed by atoms with Gasteiger partial charge in [0.1, 0.15) is 18.2 Å². The quantitative estimate of drug-likeness (QED) is 0.313. The zero-order chi connectivity index (χ0) is 26.8. The van der Waals surface area contributed by atoms with Gasteiger partial charge >= 0.3 is 0 Å². The van der Waals surface area contributed by atoms with Gasteiger partial charge in [0.15, 0.2) is 11.5 Å². The Kier molecular flexibility index (Phi) is 10.2. The summed E-state index contributed by atoms with van der Waals surface area (Å²) in [6.07, 6.45) is 0.663. The van der Waals surface area contributed by atoms with Crippen molar-refractivity contribution in [3.63, 3.8) is 0 Å². The molecule has 3 rings (SSSR count). The molecular formula is C26H28F2N2O5S2. The van der Waals surface area contributed by atoms with E-state index in [1.54, 1.807) is 23.9 Å². The molecule has 198 valence electrons. The van der Waals surface area contributed by atoms with Gasteiger partial charge in [0, 0.05) is 18.4 Å². The van der Waals surface area contributed by atoms with E-state index in [-0.39, 0.29) is 22.1 Å². The van der Waals surface area contributed by atoms with E-state index >= 15 is 0 Å². The zero-order valence-corrected chi connectivity index (χ0v) is 22.1. The van der Waals surface area contributed by atoms with Crippen LogP contribution in [0.2, 0.25) is 0 Å². The van der Waals surface area contributed by atoms with E-state index < -0.39 is 28.3 Å². The lowest BCUT2D eigenvalue weighted by Gasteiger charge is -2.24. The van der Waals surface area contributed by atoms with Crippen molar-refractivity contribution in [2.24, 2.45) is 0 Å². The molecular weight excluding hydrogens is 522 g/mol. The highest BCUT2D eigenvalue weighted by Crippen LogP contribution is 2.32. The third-order valence-electron chi connectivity index (χ3n) is 5.31. The number of hydrogen-bond donors (Lipinski definition) is 1. The standard InChI is InChI=1S/C26H28F2N2O5S2/c1-34-24-13-12-23(16-25(24)35-2)37(32,33)30(22-10-8-21(28)9-11-22)17-26(31)29-14-3-15-36-18-19-4-6-20(27)7-5-19/h4-13,16H,3,14-15,17-18H2,1-2H3,(H,29,31). The van der Waals surface area contributed by atoms with Crippen LogP contribution in [0, 0.1) is 11.6 Å². The van der Waals surface area contributed by atoms with Crippen molar-refractivity contribution in [2.45, 2.75) is 17.1 Å². The van der Waals surface area contributed by atoms with Gasteiger partial charge in [-0.2, -0.15) is 11.8 Å². The molecule has 0 aliphatic carbocycles. The van der Waals surface area contributed by atoms with Crippen LogP contribution in [0.5, 0.6) is 11.5 Å². The minimum atomic E-state index is -4.21. The molecule has 1 N–H and O–H groups in total. The van der Waals surface area contributed by atoms with E-state index in [4.69, 9.17) is 9.47 Å². The summed E-state index contributed by atoms with van der Waals surface area (Å²) in [5, 5.41) is 2.74. The number of ether oxygens (including phenoxy) is 2. The Labute approximate surface area is 219 Å². The van der Waals surface area contributed by atoms with Crippen molar-refractivity contribution in [3.05, 3.63) is 83.9 Å². The van der Waals surface area contributed by atoms with E-state index in [2.05, 4.69) is 5.32 Å². The maximum Gasteiger partial charge on any atom is 0.264 e. The minimum absolute atomic E-state index is 0.112. The molecule has 3 aromatic rings. The number of sulfonamides is 1. The number of rotatable bonds is 13. The number of amides is 1. The number of nitrogens with one attached hydrogen (secondary N) is 1. The number of anilines is 1. The van der Waals surface area contributed by atoms with Crippen LogP contribution in [-0.2, 0) is 20.6 Å². The molecule has 1 amide bonds. The number of benzene rings is 3. The Morgan fingerprint density at radius 1 is 0.919 bits per heavy atom. The third kappa shape index (κ3) is 7.83. The summed E-state index contributed by atoms with van der Waals surface area (Å²) in [6.45, 7) is -0.145. The Morgan fingerprint density at radius 2 is 1.54 bits per heavy atom. The normalized spacial score (nSPS) is 11.1. The molecule has 0 radical (unpaired) electrons. The van der Waals surface area contributed by atoms with Gasteiger partial charge in [-0.05, 0) is 66.3 Å². The molecule has 0 bridgehead atoms. The van der Waals surface area contributed by atoms with E-state index in [0.717, 1.165) is 33.5 Å². The van der Waals surface area contributed by atoms with Crippen molar-refractivity contribution >= 4 is 33.4 Å². The van der Waals surface area contributed by atoms with Crippen LogP contribution < -0.4 is 19.1 Å². The Morgan fingerprint density at radius 3 is 2.16 bits per heavy atom.